The highest BCUT2D eigenvalue weighted by Crippen LogP contribution is 2.51. The van der Waals surface area contributed by atoms with E-state index in [1.165, 1.54) is 4.90 Å². The summed E-state index contributed by atoms with van der Waals surface area (Å²) in [5.74, 6) is 2.46. The number of thioether (sulfide) groups is 2. The largest absolute Gasteiger partial charge is 0.465 e. The molecule has 0 aliphatic carbocycles. The maximum Gasteiger partial charge on any atom is 0.407 e. The summed E-state index contributed by atoms with van der Waals surface area (Å²) in [7, 11) is 0. The summed E-state index contributed by atoms with van der Waals surface area (Å²) in [6.07, 6.45) is 4.70. The van der Waals surface area contributed by atoms with Crippen LogP contribution in [0.15, 0.2) is 18.5 Å². The molecule has 0 atom stereocenters. The minimum absolute atomic E-state index is 0.118. The zero-order valence-electron chi connectivity index (χ0n) is 12.7. The van der Waals surface area contributed by atoms with E-state index in [-0.39, 0.29) is 11.7 Å². The zero-order chi connectivity index (χ0) is 16.3. The quantitative estimate of drug-likeness (QED) is 0.893. The van der Waals surface area contributed by atoms with Crippen LogP contribution in [0, 0.1) is 5.92 Å². The second-order valence-electron chi connectivity index (χ2n) is 5.65. The van der Waals surface area contributed by atoms with Crippen molar-refractivity contribution in [3.63, 3.8) is 0 Å². The molecule has 124 valence electrons. The lowest BCUT2D eigenvalue weighted by Crippen LogP contribution is -2.44. The first-order chi connectivity index (χ1) is 11.1. The van der Waals surface area contributed by atoms with E-state index in [1.54, 1.807) is 42.0 Å². The third-order valence-corrected chi connectivity index (χ3v) is 7.49. The first-order valence-corrected chi connectivity index (χ1v) is 9.68. The molecule has 8 heteroatoms. The number of rotatable bonds is 3. The predicted molar refractivity (Wildman–Crippen MR) is 90.6 cm³/mol. The Morgan fingerprint density at radius 2 is 1.78 bits per heavy atom. The van der Waals surface area contributed by atoms with Gasteiger partial charge in [-0.1, -0.05) is 0 Å². The Kier molecular flexibility index (Phi) is 5.11. The third kappa shape index (κ3) is 3.33. The summed E-state index contributed by atoms with van der Waals surface area (Å²) >= 11 is 3.26. The zero-order valence-corrected chi connectivity index (χ0v) is 14.3. The van der Waals surface area contributed by atoms with Crippen LogP contribution in [-0.2, 0) is 8.87 Å². The normalized spacial score (nSPS) is 21.8. The van der Waals surface area contributed by atoms with Crippen LogP contribution < -0.4 is 0 Å². The van der Waals surface area contributed by atoms with Crippen LogP contribution in [-0.4, -0.2) is 56.4 Å². The van der Waals surface area contributed by atoms with Crippen LogP contribution in [0.1, 0.15) is 25.1 Å². The van der Waals surface area contributed by atoms with Crippen LogP contribution in [0.5, 0.6) is 0 Å². The number of carbonyl (C=O) groups excluding carboxylic acids is 1. The molecule has 0 bridgehead atoms. The highest BCUT2D eigenvalue weighted by Gasteiger charge is 2.48. The van der Waals surface area contributed by atoms with Crippen molar-refractivity contribution in [2.75, 3.05) is 24.6 Å². The minimum Gasteiger partial charge on any atom is -0.465 e. The lowest BCUT2D eigenvalue weighted by Gasteiger charge is -2.38. The van der Waals surface area contributed by atoms with Gasteiger partial charge in [-0.3, -0.25) is 4.79 Å². The number of hydrogen-bond donors (Lipinski definition) is 1. The van der Waals surface area contributed by atoms with Gasteiger partial charge in [0.25, 0.3) is 0 Å². The lowest BCUT2D eigenvalue weighted by molar-refractivity contribution is -0.124. The van der Waals surface area contributed by atoms with Crippen LogP contribution >= 0.6 is 23.5 Å². The number of amides is 1. The molecule has 1 amide bonds. The first kappa shape index (κ1) is 16.6. The molecule has 3 rings (SSSR count). The molecule has 1 aromatic heterocycles. The van der Waals surface area contributed by atoms with Crippen LogP contribution in [0.4, 0.5) is 4.79 Å². The van der Waals surface area contributed by atoms with E-state index in [0.29, 0.717) is 31.8 Å². The van der Waals surface area contributed by atoms with Gasteiger partial charge >= 0.3 is 6.09 Å². The van der Waals surface area contributed by atoms with Crippen molar-refractivity contribution in [1.82, 2.24) is 14.9 Å². The van der Waals surface area contributed by atoms with Gasteiger partial charge < -0.3 is 10.0 Å². The van der Waals surface area contributed by atoms with Crippen molar-refractivity contribution in [3.8, 4) is 0 Å². The van der Waals surface area contributed by atoms with Crippen molar-refractivity contribution < 1.29 is 14.7 Å². The SMILES string of the molecule is O=C(O)N1CCC(C(=O)C2(c3ncccn3)SCCCS2)CC1. The summed E-state index contributed by atoms with van der Waals surface area (Å²) in [6, 6.07) is 1.76. The van der Waals surface area contributed by atoms with E-state index in [1.807, 2.05) is 0 Å². The third-order valence-electron chi connectivity index (χ3n) is 4.22. The van der Waals surface area contributed by atoms with Gasteiger partial charge in [0.15, 0.2) is 15.7 Å². The molecule has 0 radical (unpaired) electrons. The standard InChI is InChI=1S/C15H19N3O3S2/c19-12(11-3-7-18(8-4-11)14(20)21)15(22-9-2-10-23-15)13-16-5-1-6-17-13/h1,5-6,11H,2-4,7-10H2,(H,20,21). The van der Waals surface area contributed by atoms with Gasteiger partial charge in [0, 0.05) is 31.4 Å². The summed E-state index contributed by atoms with van der Waals surface area (Å²) in [6.45, 7) is 0.847. The minimum atomic E-state index is -0.904. The Bertz CT molecular complexity index is 571. The van der Waals surface area contributed by atoms with Crippen molar-refractivity contribution in [2.24, 2.45) is 5.92 Å². The highest BCUT2D eigenvalue weighted by atomic mass is 32.2. The Morgan fingerprint density at radius 3 is 2.35 bits per heavy atom. The topological polar surface area (TPSA) is 83.4 Å². The van der Waals surface area contributed by atoms with Crippen LogP contribution in [0.3, 0.4) is 0 Å². The molecule has 2 aliphatic heterocycles. The Morgan fingerprint density at radius 1 is 1.17 bits per heavy atom. The highest BCUT2D eigenvalue weighted by molar-refractivity contribution is 8.19. The van der Waals surface area contributed by atoms with Gasteiger partial charge in [0.2, 0.25) is 0 Å². The molecule has 2 fully saturated rings. The maximum atomic E-state index is 13.3. The number of aromatic nitrogens is 2. The van der Waals surface area contributed by atoms with E-state index < -0.39 is 10.2 Å². The average molecular weight is 353 g/mol. The summed E-state index contributed by atoms with van der Waals surface area (Å²) in [5.41, 5.74) is 0. The van der Waals surface area contributed by atoms with Crippen molar-refractivity contribution >= 4 is 35.4 Å². The van der Waals surface area contributed by atoms with Gasteiger partial charge in [-0.25, -0.2) is 14.8 Å². The van der Waals surface area contributed by atoms with Crippen molar-refractivity contribution in [1.29, 1.82) is 0 Å². The fourth-order valence-electron chi connectivity index (χ4n) is 2.98. The summed E-state index contributed by atoms with van der Waals surface area (Å²) < 4.78 is -0.727. The number of ketones is 1. The maximum absolute atomic E-state index is 13.3. The number of hydrogen-bond acceptors (Lipinski definition) is 6. The van der Waals surface area contributed by atoms with Crippen molar-refractivity contribution in [2.45, 2.75) is 23.3 Å². The number of carboxylic acid groups (broad SMARTS) is 1. The second kappa shape index (κ2) is 7.09. The number of piperidine rings is 1. The second-order valence-corrected chi connectivity index (χ2v) is 8.52. The molecule has 1 N–H and O–H groups in total. The molecule has 2 aliphatic rings. The van der Waals surface area contributed by atoms with Crippen molar-refractivity contribution in [3.05, 3.63) is 24.3 Å². The lowest BCUT2D eigenvalue weighted by atomic mass is 9.90. The van der Waals surface area contributed by atoms with Crippen LogP contribution in [0.25, 0.3) is 0 Å². The fraction of sp³-hybridized carbons (Fsp3) is 0.600. The van der Waals surface area contributed by atoms with E-state index in [4.69, 9.17) is 5.11 Å². The van der Waals surface area contributed by atoms with Gasteiger partial charge in [0.1, 0.15) is 0 Å². The molecule has 0 saturated carbocycles. The van der Waals surface area contributed by atoms with Gasteiger partial charge in [0.05, 0.1) is 0 Å². The number of Topliss-reactive ketones (excluding diaryl/α,β-unsaturated/α-hetero) is 1. The monoisotopic (exact) mass is 353 g/mol. The molecule has 0 spiro atoms. The average Bonchev–Trinajstić information content (AvgIpc) is 2.62. The first-order valence-electron chi connectivity index (χ1n) is 7.71. The fourth-order valence-corrected chi connectivity index (χ4v) is 6.24. The summed E-state index contributed by atoms with van der Waals surface area (Å²) in [5, 5.41) is 9.05. The van der Waals surface area contributed by atoms with E-state index in [2.05, 4.69) is 9.97 Å². The van der Waals surface area contributed by atoms with Gasteiger partial charge in [-0.15, -0.1) is 23.5 Å². The van der Waals surface area contributed by atoms with Gasteiger partial charge in [-0.2, -0.15) is 0 Å². The molecule has 0 aromatic carbocycles. The molecule has 0 unspecified atom stereocenters. The van der Waals surface area contributed by atoms with E-state index >= 15 is 0 Å². The molecule has 2 saturated heterocycles. The molecule has 23 heavy (non-hydrogen) atoms. The molecule has 3 heterocycles. The predicted octanol–water partition coefficient (Wildman–Crippen LogP) is 2.46. The molecular formula is C15H19N3O3S2. The Labute approximate surface area is 143 Å². The molecular weight excluding hydrogens is 334 g/mol. The number of likely N-dealkylation sites (tertiary alicyclic amines) is 1. The Balaban J connectivity index is 1.81. The van der Waals surface area contributed by atoms with Gasteiger partial charge in [-0.05, 0) is 36.8 Å². The molecule has 1 aromatic rings. The number of nitrogens with zero attached hydrogens (tertiary/aromatic N) is 3. The Hall–Kier alpha value is -1.28. The molecule has 6 nitrogen and oxygen atoms in total. The van der Waals surface area contributed by atoms with E-state index in [0.717, 1.165) is 17.9 Å². The smallest absolute Gasteiger partial charge is 0.407 e. The van der Waals surface area contributed by atoms with E-state index in [9.17, 15) is 9.59 Å². The number of carbonyl (C=O) groups is 2. The van der Waals surface area contributed by atoms with Crippen LogP contribution in [0.2, 0.25) is 0 Å². The summed E-state index contributed by atoms with van der Waals surface area (Å²) in [4.78, 5) is 34.4.